The fraction of sp³-hybridized carbons (Fsp3) is 0.833. The highest BCUT2D eigenvalue weighted by Gasteiger charge is 2.32. The molecule has 1 aliphatic heterocycles. The second-order valence-electron chi connectivity index (χ2n) is 5.27. The summed E-state index contributed by atoms with van der Waals surface area (Å²) >= 11 is 0. The van der Waals surface area contributed by atoms with E-state index in [0.717, 1.165) is 6.54 Å². The van der Waals surface area contributed by atoms with Crippen molar-refractivity contribution < 1.29 is 19.1 Å². The van der Waals surface area contributed by atoms with Crippen molar-refractivity contribution in [3.8, 4) is 0 Å². The largest absolute Gasteiger partial charge is 0.468 e. The fourth-order valence-electron chi connectivity index (χ4n) is 1.76. The number of hydrogen-bond donors (Lipinski definition) is 1. The number of hydrogen-bond acceptors (Lipinski definition) is 5. The Morgan fingerprint density at radius 1 is 1.44 bits per heavy atom. The molecule has 1 saturated heterocycles. The highest BCUT2D eigenvalue weighted by molar-refractivity contribution is 5.85. The number of carbonyl (C=O) groups is 2. The molecule has 1 aliphatic rings. The van der Waals surface area contributed by atoms with Gasteiger partial charge in [-0.3, -0.25) is 14.5 Å². The van der Waals surface area contributed by atoms with Gasteiger partial charge in [0.05, 0.1) is 13.7 Å². The average molecular weight is 258 g/mol. The topological polar surface area (TPSA) is 67.9 Å². The minimum absolute atomic E-state index is 0.00462. The number of nitrogens with one attached hydrogen (secondary N) is 1. The third-order valence-corrected chi connectivity index (χ3v) is 2.94. The standard InChI is InChI=1S/C12H22N2O4/c1-12(2,3)14-5-6-18-9(8-14)11(16)13-7-10(15)17-4/h9H,5-8H2,1-4H3,(H,13,16). The zero-order valence-corrected chi connectivity index (χ0v) is 11.5. The minimum Gasteiger partial charge on any atom is -0.468 e. The van der Waals surface area contributed by atoms with Crippen LogP contribution in [0.15, 0.2) is 0 Å². The number of amides is 1. The summed E-state index contributed by atoms with van der Waals surface area (Å²) in [7, 11) is 1.28. The second-order valence-corrected chi connectivity index (χ2v) is 5.27. The SMILES string of the molecule is COC(=O)CNC(=O)C1CN(C(C)(C)C)CCO1. The zero-order valence-electron chi connectivity index (χ0n) is 11.5. The first-order valence-electron chi connectivity index (χ1n) is 6.06. The summed E-state index contributed by atoms with van der Waals surface area (Å²) in [5.41, 5.74) is 0.00462. The maximum atomic E-state index is 11.8. The van der Waals surface area contributed by atoms with Crippen molar-refractivity contribution in [1.29, 1.82) is 0 Å². The lowest BCUT2D eigenvalue weighted by atomic mass is 10.0. The monoisotopic (exact) mass is 258 g/mol. The Balaban J connectivity index is 2.46. The molecule has 1 N–H and O–H groups in total. The molecule has 0 radical (unpaired) electrons. The van der Waals surface area contributed by atoms with Crippen molar-refractivity contribution in [2.75, 3.05) is 33.4 Å². The Kier molecular flexibility index (Phi) is 5.10. The van der Waals surface area contributed by atoms with E-state index >= 15 is 0 Å². The van der Waals surface area contributed by atoms with E-state index < -0.39 is 12.1 Å². The van der Waals surface area contributed by atoms with Crippen LogP contribution in [-0.2, 0) is 19.1 Å². The summed E-state index contributed by atoms with van der Waals surface area (Å²) in [6.07, 6.45) is -0.525. The highest BCUT2D eigenvalue weighted by Crippen LogP contribution is 2.17. The molecule has 6 heteroatoms. The summed E-state index contributed by atoms with van der Waals surface area (Å²) in [5.74, 6) is -0.735. The van der Waals surface area contributed by atoms with Crippen molar-refractivity contribution in [3.63, 3.8) is 0 Å². The Bertz CT molecular complexity index is 312. The van der Waals surface area contributed by atoms with E-state index in [4.69, 9.17) is 4.74 Å². The molecule has 1 rings (SSSR count). The molecule has 1 unspecified atom stereocenters. The molecule has 0 saturated carbocycles. The Morgan fingerprint density at radius 3 is 2.67 bits per heavy atom. The highest BCUT2D eigenvalue weighted by atomic mass is 16.5. The van der Waals surface area contributed by atoms with Gasteiger partial charge in [-0.25, -0.2) is 0 Å². The molecule has 0 aromatic rings. The van der Waals surface area contributed by atoms with Crippen LogP contribution in [0.4, 0.5) is 0 Å². The Labute approximate surface area is 108 Å². The van der Waals surface area contributed by atoms with Crippen LogP contribution in [0.25, 0.3) is 0 Å². The smallest absolute Gasteiger partial charge is 0.325 e. The molecule has 18 heavy (non-hydrogen) atoms. The van der Waals surface area contributed by atoms with Gasteiger partial charge in [-0.2, -0.15) is 0 Å². The van der Waals surface area contributed by atoms with Gasteiger partial charge in [0.1, 0.15) is 12.6 Å². The summed E-state index contributed by atoms with van der Waals surface area (Å²) < 4.78 is 9.88. The molecular weight excluding hydrogens is 236 g/mol. The molecule has 0 bridgehead atoms. The normalized spacial score (nSPS) is 21.4. The Morgan fingerprint density at radius 2 is 2.11 bits per heavy atom. The van der Waals surface area contributed by atoms with E-state index in [1.807, 2.05) is 0 Å². The maximum Gasteiger partial charge on any atom is 0.325 e. The van der Waals surface area contributed by atoms with Gasteiger partial charge in [-0.05, 0) is 20.8 Å². The van der Waals surface area contributed by atoms with Gasteiger partial charge >= 0.3 is 5.97 Å². The van der Waals surface area contributed by atoms with Crippen LogP contribution in [0.5, 0.6) is 0 Å². The van der Waals surface area contributed by atoms with E-state index in [9.17, 15) is 9.59 Å². The number of esters is 1. The summed E-state index contributed by atoms with van der Waals surface area (Å²) in [6, 6.07) is 0. The number of rotatable bonds is 3. The van der Waals surface area contributed by atoms with Crippen LogP contribution in [0, 0.1) is 0 Å². The predicted molar refractivity (Wildman–Crippen MR) is 66.1 cm³/mol. The van der Waals surface area contributed by atoms with Crippen molar-refractivity contribution in [3.05, 3.63) is 0 Å². The number of nitrogens with zero attached hydrogens (tertiary/aromatic N) is 1. The lowest BCUT2D eigenvalue weighted by Gasteiger charge is -2.40. The molecule has 0 aromatic heterocycles. The molecule has 0 aromatic carbocycles. The number of methoxy groups -OCH3 is 1. The molecule has 104 valence electrons. The van der Waals surface area contributed by atoms with E-state index in [1.165, 1.54) is 7.11 Å². The van der Waals surface area contributed by atoms with Gasteiger partial charge in [0.2, 0.25) is 0 Å². The second kappa shape index (κ2) is 6.15. The van der Waals surface area contributed by atoms with Gasteiger partial charge in [-0.1, -0.05) is 0 Å². The van der Waals surface area contributed by atoms with Crippen molar-refractivity contribution >= 4 is 11.9 Å². The van der Waals surface area contributed by atoms with Crippen LogP contribution in [0.3, 0.4) is 0 Å². The van der Waals surface area contributed by atoms with Crippen LogP contribution in [0.1, 0.15) is 20.8 Å². The average Bonchev–Trinajstić information content (AvgIpc) is 2.34. The number of carbonyl (C=O) groups excluding carboxylic acids is 2. The summed E-state index contributed by atoms with van der Waals surface area (Å²) in [6.45, 7) is 8.05. The molecule has 1 heterocycles. The maximum absolute atomic E-state index is 11.8. The van der Waals surface area contributed by atoms with Crippen LogP contribution in [-0.4, -0.2) is 61.8 Å². The molecular formula is C12H22N2O4. The van der Waals surface area contributed by atoms with Gasteiger partial charge in [0, 0.05) is 18.6 Å². The molecule has 6 nitrogen and oxygen atoms in total. The van der Waals surface area contributed by atoms with Crippen molar-refractivity contribution in [2.45, 2.75) is 32.4 Å². The third-order valence-electron chi connectivity index (χ3n) is 2.94. The fourth-order valence-corrected chi connectivity index (χ4v) is 1.76. The lowest BCUT2D eigenvalue weighted by molar-refractivity contribution is -0.146. The van der Waals surface area contributed by atoms with E-state index in [2.05, 4.69) is 35.7 Å². The van der Waals surface area contributed by atoms with Crippen LogP contribution in [0.2, 0.25) is 0 Å². The van der Waals surface area contributed by atoms with Crippen LogP contribution >= 0.6 is 0 Å². The summed E-state index contributed by atoms with van der Waals surface area (Å²) in [4.78, 5) is 24.9. The molecule has 1 fully saturated rings. The van der Waals surface area contributed by atoms with E-state index in [1.54, 1.807) is 0 Å². The van der Waals surface area contributed by atoms with E-state index in [0.29, 0.717) is 13.2 Å². The van der Waals surface area contributed by atoms with Gasteiger partial charge in [0.15, 0.2) is 0 Å². The van der Waals surface area contributed by atoms with Gasteiger partial charge in [0.25, 0.3) is 5.91 Å². The summed E-state index contributed by atoms with van der Waals surface area (Å²) in [5, 5.41) is 2.51. The number of ether oxygens (including phenoxy) is 2. The minimum atomic E-state index is -0.525. The molecule has 0 aliphatic carbocycles. The van der Waals surface area contributed by atoms with Crippen molar-refractivity contribution in [1.82, 2.24) is 10.2 Å². The molecule has 0 spiro atoms. The van der Waals surface area contributed by atoms with E-state index in [-0.39, 0.29) is 18.0 Å². The quantitative estimate of drug-likeness (QED) is 0.709. The lowest BCUT2D eigenvalue weighted by Crippen LogP contribution is -2.55. The van der Waals surface area contributed by atoms with Gasteiger partial charge < -0.3 is 14.8 Å². The number of morpholine rings is 1. The molecule has 1 amide bonds. The Hall–Kier alpha value is -1.14. The van der Waals surface area contributed by atoms with Gasteiger partial charge in [-0.15, -0.1) is 0 Å². The first-order chi connectivity index (χ1) is 8.34. The zero-order chi connectivity index (χ0) is 13.8. The first-order valence-corrected chi connectivity index (χ1v) is 6.06. The molecule has 1 atom stereocenters. The third kappa shape index (κ3) is 4.27. The predicted octanol–water partition coefficient (Wildman–Crippen LogP) is -0.225. The first kappa shape index (κ1) is 14.9. The van der Waals surface area contributed by atoms with Crippen molar-refractivity contribution in [2.24, 2.45) is 0 Å². The van der Waals surface area contributed by atoms with Crippen LogP contribution < -0.4 is 5.32 Å².